The summed E-state index contributed by atoms with van der Waals surface area (Å²) in [5, 5.41) is 18.1. The summed E-state index contributed by atoms with van der Waals surface area (Å²) in [5.74, 6) is 0. The van der Waals surface area contributed by atoms with Gasteiger partial charge in [0.15, 0.2) is 5.65 Å². The number of nitrogens with zero attached hydrogens (tertiary/aromatic N) is 5. The van der Waals surface area contributed by atoms with Gasteiger partial charge in [0.25, 0.3) is 0 Å². The van der Waals surface area contributed by atoms with Gasteiger partial charge in [0.05, 0.1) is 17.0 Å². The highest BCUT2D eigenvalue weighted by atomic mass is 15.1. The molecule has 194 valence electrons. The molecule has 0 bridgehead atoms. The Morgan fingerprint density at radius 2 is 1.67 bits per heavy atom. The molecule has 1 aliphatic heterocycles. The fourth-order valence-corrected chi connectivity index (χ4v) is 5.63. The molecule has 2 aromatic carbocycles. The maximum absolute atomic E-state index is 9.45. The summed E-state index contributed by atoms with van der Waals surface area (Å²) in [6, 6.07) is 23.0. The van der Waals surface area contributed by atoms with Gasteiger partial charge in [-0.2, -0.15) is 10.4 Å². The van der Waals surface area contributed by atoms with E-state index >= 15 is 0 Å². The Morgan fingerprint density at radius 3 is 2.46 bits per heavy atom. The minimum Gasteiger partial charge on any atom is -0.303 e. The summed E-state index contributed by atoms with van der Waals surface area (Å²) in [6.45, 7) is 5.85. The number of nitrogens with one attached hydrogen (secondary N) is 1. The highest BCUT2D eigenvalue weighted by Gasteiger charge is 2.15. The van der Waals surface area contributed by atoms with Gasteiger partial charge >= 0.3 is 0 Å². The van der Waals surface area contributed by atoms with E-state index in [0.717, 1.165) is 53.6 Å². The Morgan fingerprint density at radius 1 is 0.872 bits per heavy atom. The van der Waals surface area contributed by atoms with Crippen LogP contribution in [0.25, 0.3) is 44.7 Å². The van der Waals surface area contributed by atoms with Crippen molar-refractivity contribution in [1.29, 1.82) is 5.26 Å². The third-order valence-corrected chi connectivity index (χ3v) is 7.74. The number of aryl methyl sites for hydroxylation is 1. The predicted octanol–water partition coefficient (Wildman–Crippen LogP) is 6.82. The molecular weight excluding hydrogens is 480 g/mol. The van der Waals surface area contributed by atoms with E-state index in [2.05, 4.69) is 57.3 Å². The lowest BCUT2D eigenvalue weighted by Gasteiger charge is -2.17. The predicted molar refractivity (Wildman–Crippen MR) is 156 cm³/mol. The van der Waals surface area contributed by atoms with Crippen molar-refractivity contribution in [3.8, 4) is 39.7 Å². The number of hydrogen-bond acceptors (Lipinski definition) is 5. The van der Waals surface area contributed by atoms with E-state index in [9.17, 15) is 5.26 Å². The number of benzene rings is 2. The van der Waals surface area contributed by atoms with Crippen LogP contribution in [0, 0.1) is 11.3 Å². The molecule has 6 heteroatoms. The normalized spacial score (nSPS) is 13.6. The molecular formula is C33H32N6. The maximum atomic E-state index is 9.45. The van der Waals surface area contributed by atoms with E-state index in [1.54, 1.807) is 18.3 Å². The third kappa shape index (κ3) is 5.19. The molecule has 0 aliphatic carbocycles. The smallest absolute Gasteiger partial charge is 0.181 e. The van der Waals surface area contributed by atoms with E-state index in [0.29, 0.717) is 16.9 Å². The summed E-state index contributed by atoms with van der Waals surface area (Å²) in [7, 11) is 0. The summed E-state index contributed by atoms with van der Waals surface area (Å²) >= 11 is 0. The summed E-state index contributed by atoms with van der Waals surface area (Å²) < 4.78 is 0. The first kappa shape index (κ1) is 25.0. The Bertz CT molecular complexity index is 1640. The van der Waals surface area contributed by atoms with Crippen LogP contribution in [0.2, 0.25) is 0 Å². The quantitative estimate of drug-likeness (QED) is 0.247. The standard InChI is InChI=1S/C33H32N6/c1-2-6-23-8-13-26(19-27(23)14-18-39-16-3-4-17-39)29-20-30-32(37-38-33(30)36-22-29)25-11-9-24(10-12-25)31-28(21-34)7-5-15-35-31/h5,7-13,15,19-20,22H,2-4,6,14,16-18H2,1H3,(H,36,37,38). The van der Waals surface area contributed by atoms with Crippen LogP contribution in [-0.4, -0.2) is 44.7 Å². The SMILES string of the molecule is CCCc1ccc(-c2cnc3n[nH]c(-c4ccc(-c5ncccc5C#N)cc4)c3c2)cc1CCN1CCCC1. The minimum atomic E-state index is 0.566. The minimum absolute atomic E-state index is 0.566. The Hall–Kier alpha value is -4.34. The molecule has 39 heavy (non-hydrogen) atoms. The fourth-order valence-electron chi connectivity index (χ4n) is 5.63. The van der Waals surface area contributed by atoms with Gasteiger partial charge in [0.2, 0.25) is 0 Å². The zero-order chi connectivity index (χ0) is 26.6. The van der Waals surface area contributed by atoms with Crippen LogP contribution in [-0.2, 0) is 12.8 Å². The fraction of sp³-hybridized carbons (Fsp3) is 0.273. The molecule has 0 radical (unpaired) electrons. The molecule has 1 fully saturated rings. The monoisotopic (exact) mass is 512 g/mol. The number of fused-ring (bicyclic) bond motifs is 1. The zero-order valence-corrected chi connectivity index (χ0v) is 22.3. The van der Waals surface area contributed by atoms with Crippen molar-refractivity contribution in [2.24, 2.45) is 0 Å². The number of aromatic amines is 1. The molecule has 0 atom stereocenters. The lowest BCUT2D eigenvalue weighted by atomic mass is 9.95. The van der Waals surface area contributed by atoms with Crippen molar-refractivity contribution in [1.82, 2.24) is 25.1 Å². The topological polar surface area (TPSA) is 81.5 Å². The molecule has 3 aromatic heterocycles. The molecule has 4 heterocycles. The van der Waals surface area contributed by atoms with Crippen LogP contribution in [0.5, 0.6) is 0 Å². The van der Waals surface area contributed by atoms with Gasteiger partial charge in [0, 0.05) is 41.0 Å². The van der Waals surface area contributed by atoms with Gasteiger partial charge in [-0.05, 0) is 73.7 Å². The number of hydrogen-bond donors (Lipinski definition) is 1. The van der Waals surface area contributed by atoms with Crippen LogP contribution in [0.4, 0.5) is 0 Å². The summed E-state index contributed by atoms with van der Waals surface area (Å²) in [4.78, 5) is 11.7. The Labute approximate surface area is 229 Å². The largest absolute Gasteiger partial charge is 0.303 e. The van der Waals surface area contributed by atoms with E-state index in [1.165, 1.54) is 42.6 Å². The number of H-pyrrole nitrogens is 1. The lowest BCUT2D eigenvalue weighted by Crippen LogP contribution is -2.22. The van der Waals surface area contributed by atoms with Crippen molar-refractivity contribution < 1.29 is 0 Å². The van der Waals surface area contributed by atoms with Crippen LogP contribution < -0.4 is 0 Å². The molecule has 5 aromatic rings. The van der Waals surface area contributed by atoms with Crippen molar-refractivity contribution in [2.45, 2.75) is 39.0 Å². The van der Waals surface area contributed by atoms with Crippen LogP contribution in [0.3, 0.4) is 0 Å². The average Bonchev–Trinajstić information content (AvgIpc) is 3.67. The highest BCUT2D eigenvalue weighted by Crippen LogP contribution is 2.32. The second-order valence-electron chi connectivity index (χ2n) is 10.3. The van der Waals surface area contributed by atoms with E-state index in [1.807, 2.05) is 30.5 Å². The number of rotatable bonds is 8. The first-order valence-electron chi connectivity index (χ1n) is 13.9. The van der Waals surface area contributed by atoms with Crippen molar-refractivity contribution in [3.05, 3.63) is 89.7 Å². The van der Waals surface area contributed by atoms with Crippen molar-refractivity contribution >= 4 is 11.0 Å². The third-order valence-electron chi connectivity index (χ3n) is 7.74. The van der Waals surface area contributed by atoms with Crippen LogP contribution in [0.15, 0.2) is 73.1 Å². The Kier molecular flexibility index (Phi) is 7.16. The molecule has 0 saturated carbocycles. The molecule has 1 saturated heterocycles. The molecule has 1 N–H and O–H groups in total. The summed E-state index contributed by atoms with van der Waals surface area (Å²) in [5.41, 5.74) is 10.0. The second-order valence-corrected chi connectivity index (χ2v) is 10.3. The van der Waals surface area contributed by atoms with E-state index in [-0.39, 0.29) is 0 Å². The summed E-state index contributed by atoms with van der Waals surface area (Å²) in [6.07, 6.45) is 9.65. The number of aromatic nitrogens is 4. The van der Waals surface area contributed by atoms with Crippen LogP contribution >= 0.6 is 0 Å². The van der Waals surface area contributed by atoms with Gasteiger partial charge in [-0.1, -0.05) is 55.8 Å². The maximum Gasteiger partial charge on any atom is 0.181 e. The number of likely N-dealkylation sites (tertiary alicyclic amines) is 1. The van der Waals surface area contributed by atoms with Gasteiger partial charge < -0.3 is 4.90 Å². The molecule has 0 amide bonds. The van der Waals surface area contributed by atoms with Crippen molar-refractivity contribution in [2.75, 3.05) is 19.6 Å². The van der Waals surface area contributed by atoms with Gasteiger partial charge in [-0.15, -0.1) is 0 Å². The van der Waals surface area contributed by atoms with E-state index < -0.39 is 0 Å². The molecule has 0 spiro atoms. The average molecular weight is 513 g/mol. The molecule has 6 nitrogen and oxygen atoms in total. The van der Waals surface area contributed by atoms with Gasteiger partial charge in [0.1, 0.15) is 6.07 Å². The second kappa shape index (κ2) is 11.2. The molecule has 1 aliphatic rings. The first-order valence-corrected chi connectivity index (χ1v) is 13.9. The van der Waals surface area contributed by atoms with E-state index in [4.69, 9.17) is 4.98 Å². The zero-order valence-electron chi connectivity index (χ0n) is 22.3. The first-order chi connectivity index (χ1) is 19.2. The number of nitriles is 1. The highest BCUT2D eigenvalue weighted by molar-refractivity contribution is 5.93. The Balaban J connectivity index is 1.31. The van der Waals surface area contributed by atoms with Crippen LogP contribution in [0.1, 0.15) is 42.9 Å². The molecule has 6 rings (SSSR count). The lowest BCUT2D eigenvalue weighted by molar-refractivity contribution is 0.343. The van der Waals surface area contributed by atoms with Gasteiger partial charge in [-0.25, -0.2) is 4.98 Å². The number of pyridine rings is 2. The molecule has 0 unspecified atom stereocenters. The van der Waals surface area contributed by atoms with Crippen molar-refractivity contribution in [3.63, 3.8) is 0 Å². The van der Waals surface area contributed by atoms with Gasteiger partial charge in [-0.3, -0.25) is 10.1 Å².